The number of methoxy groups -OCH3 is 1. The molecule has 3 rings (SSSR count). The van der Waals surface area contributed by atoms with Crippen molar-refractivity contribution in [1.82, 2.24) is 0 Å². The zero-order valence-electron chi connectivity index (χ0n) is 17.4. The Morgan fingerprint density at radius 3 is 2.29 bits per heavy atom. The van der Waals surface area contributed by atoms with Crippen LogP contribution in [0, 0.1) is 0 Å². The van der Waals surface area contributed by atoms with Crippen molar-refractivity contribution in [2.24, 2.45) is 0 Å². The summed E-state index contributed by atoms with van der Waals surface area (Å²) in [6.45, 7) is 10.1. The van der Waals surface area contributed by atoms with Crippen LogP contribution in [-0.2, 0) is 4.79 Å². The second-order valence-corrected chi connectivity index (χ2v) is 7.80. The summed E-state index contributed by atoms with van der Waals surface area (Å²) >= 11 is 0. The van der Waals surface area contributed by atoms with E-state index in [1.807, 2.05) is 37.3 Å². The molecule has 0 aliphatic carbocycles. The summed E-state index contributed by atoms with van der Waals surface area (Å²) in [5, 5.41) is 3.16. The van der Waals surface area contributed by atoms with Gasteiger partial charge in [-0.25, -0.2) is 0 Å². The van der Waals surface area contributed by atoms with Crippen LogP contribution in [0.15, 0.2) is 48.5 Å². The predicted molar refractivity (Wildman–Crippen MR) is 115 cm³/mol. The molecule has 0 radical (unpaired) electrons. The Morgan fingerprint density at radius 1 is 1.04 bits per heavy atom. The highest BCUT2D eigenvalue weighted by molar-refractivity contribution is 5.94. The van der Waals surface area contributed by atoms with Crippen LogP contribution in [0.2, 0.25) is 0 Å². The smallest absolute Gasteiger partial charge is 0.282 e. The summed E-state index contributed by atoms with van der Waals surface area (Å²) in [5.41, 5.74) is 3.33. The SMILES string of the molecule is COc1ccc(N2CC[NH+]([C@H](C)C(=O)Nc3ccccc3C(C)C)CC2)cc1. The van der Waals surface area contributed by atoms with Crippen molar-refractivity contribution in [3.63, 3.8) is 0 Å². The molecular weight excluding hydrogens is 350 g/mol. The molecule has 2 N–H and O–H groups in total. The number of benzene rings is 2. The van der Waals surface area contributed by atoms with Gasteiger partial charge in [-0.05, 0) is 48.7 Å². The third-order valence-corrected chi connectivity index (χ3v) is 5.69. The number of ether oxygens (including phenoxy) is 1. The van der Waals surface area contributed by atoms with Gasteiger partial charge in [-0.15, -0.1) is 0 Å². The Kier molecular flexibility index (Phi) is 6.57. The highest BCUT2D eigenvalue weighted by atomic mass is 16.5. The van der Waals surface area contributed by atoms with Gasteiger partial charge in [0.2, 0.25) is 0 Å². The van der Waals surface area contributed by atoms with Gasteiger partial charge < -0.3 is 19.9 Å². The summed E-state index contributed by atoms with van der Waals surface area (Å²) in [4.78, 5) is 16.6. The average molecular weight is 383 g/mol. The lowest BCUT2D eigenvalue weighted by Crippen LogP contribution is -3.19. The summed E-state index contributed by atoms with van der Waals surface area (Å²) in [6.07, 6.45) is 0. The van der Waals surface area contributed by atoms with Gasteiger partial charge in [0.1, 0.15) is 5.75 Å². The number of hydrogen-bond acceptors (Lipinski definition) is 3. The molecule has 0 spiro atoms. The van der Waals surface area contributed by atoms with Gasteiger partial charge in [0, 0.05) is 11.4 Å². The standard InChI is InChI=1S/C23H31N3O2/c1-17(2)21-7-5-6-8-22(21)24-23(27)18(3)25-13-15-26(16-14-25)19-9-11-20(28-4)12-10-19/h5-12,17-18H,13-16H2,1-4H3,(H,24,27)/p+1/t18-/m1/s1. The van der Waals surface area contributed by atoms with Crippen LogP contribution < -0.4 is 19.9 Å². The van der Waals surface area contributed by atoms with Gasteiger partial charge in [-0.2, -0.15) is 0 Å². The summed E-state index contributed by atoms with van der Waals surface area (Å²) in [5.74, 6) is 1.35. The number of nitrogens with one attached hydrogen (secondary N) is 2. The van der Waals surface area contributed by atoms with E-state index in [4.69, 9.17) is 4.74 Å². The number of piperazine rings is 1. The van der Waals surface area contributed by atoms with Crippen LogP contribution in [0.4, 0.5) is 11.4 Å². The monoisotopic (exact) mass is 382 g/mol. The number of anilines is 2. The Bertz CT molecular complexity index is 781. The number of rotatable bonds is 6. The molecule has 1 amide bonds. The van der Waals surface area contributed by atoms with Crippen molar-refractivity contribution in [1.29, 1.82) is 0 Å². The topological polar surface area (TPSA) is 46.0 Å². The fourth-order valence-electron chi connectivity index (χ4n) is 3.82. The summed E-state index contributed by atoms with van der Waals surface area (Å²) < 4.78 is 5.24. The quantitative estimate of drug-likeness (QED) is 0.807. The van der Waals surface area contributed by atoms with Crippen molar-refractivity contribution in [3.05, 3.63) is 54.1 Å². The lowest BCUT2D eigenvalue weighted by molar-refractivity contribution is -0.914. The van der Waals surface area contributed by atoms with E-state index in [0.29, 0.717) is 5.92 Å². The first-order chi connectivity index (χ1) is 13.5. The Balaban J connectivity index is 1.57. The molecule has 2 aromatic rings. The molecule has 1 heterocycles. The number of quaternary nitrogens is 1. The molecule has 5 heteroatoms. The van der Waals surface area contributed by atoms with E-state index in [9.17, 15) is 4.79 Å². The van der Waals surface area contributed by atoms with Crippen LogP contribution in [0.5, 0.6) is 5.75 Å². The highest BCUT2D eigenvalue weighted by Crippen LogP contribution is 2.23. The number of nitrogens with zero attached hydrogens (tertiary/aromatic N) is 1. The predicted octanol–water partition coefficient (Wildman–Crippen LogP) is 2.55. The number of amides is 1. The fourth-order valence-corrected chi connectivity index (χ4v) is 3.82. The first-order valence-electron chi connectivity index (χ1n) is 10.1. The van der Waals surface area contributed by atoms with Crippen LogP contribution in [0.25, 0.3) is 0 Å². The summed E-state index contributed by atoms with van der Waals surface area (Å²) in [7, 11) is 1.68. The first-order valence-corrected chi connectivity index (χ1v) is 10.1. The first kappa shape index (κ1) is 20.2. The Morgan fingerprint density at radius 2 is 1.68 bits per heavy atom. The summed E-state index contributed by atoms with van der Waals surface area (Å²) in [6, 6.07) is 16.2. The molecule has 2 aromatic carbocycles. The van der Waals surface area contributed by atoms with Crippen LogP contribution in [-0.4, -0.2) is 45.2 Å². The minimum Gasteiger partial charge on any atom is -0.497 e. The fraction of sp³-hybridized carbons (Fsp3) is 0.435. The van der Waals surface area contributed by atoms with Gasteiger partial charge in [-0.3, -0.25) is 4.79 Å². The average Bonchev–Trinajstić information content (AvgIpc) is 2.73. The molecule has 1 fully saturated rings. The zero-order valence-corrected chi connectivity index (χ0v) is 17.4. The highest BCUT2D eigenvalue weighted by Gasteiger charge is 2.29. The number of carbonyl (C=O) groups excluding carboxylic acids is 1. The van der Waals surface area contributed by atoms with E-state index in [2.05, 4.69) is 42.3 Å². The molecule has 1 aliphatic heterocycles. The van der Waals surface area contributed by atoms with Gasteiger partial charge >= 0.3 is 0 Å². The minimum absolute atomic E-state index is 0.0711. The van der Waals surface area contributed by atoms with Crippen molar-refractivity contribution in [2.45, 2.75) is 32.7 Å². The Hall–Kier alpha value is -2.53. The van der Waals surface area contributed by atoms with Crippen LogP contribution in [0.3, 0.4) is 0 Å². The van der Waals surface area contributed by atoms with E-state index in [-0.39, 0.29) is 11.9 Å². The van der Waals surface area contributed by atoms with Crippen molar-refractivity contribution in [2.75, 3.05) is 43.5 Å². The normalized spacial score (nSPS) is 16.1. The molecular formula is C23H32N3O2+. The maximum atomic E-state index is 12.8. The molecule has 28 heavy (non-hydrogen) atoms. The number of para-hydroxylation sites is 1. The third-order valence-electron chi connectivity index (χ3n) is 5.69. The van der Waals surface area contributed by atoms with E-state index in [1.165, 1.54) is 16.2 Å². The second kappa shape index (κ2) is 9.11. The second-order valence-electron chi connectivity index (χ2n) is 7.80. The van der Waals surface area contributed by atoms with Crippen molar-refractivity contribution >= 4 is 17.3 Å². The molecule has 0 unspecified atom stereocenters. The Labute approximate surface area is 168 Å². The molecule has 0 aromatic heterocycles. The molecule has 1 atom stereocenters. The van der Waals surface area contributed by atoms with Gasteiger partial charge in [0.05, 0.1) is 33.3 Å². The molecule has 1 aliphatic rings. The molecule has 0 saturated carbocycles. The number of hydrogen-bond donors (Lipinski definition) is 2. The van der Waals surface area contributed by atoms with Gasteiger partial charge in [0.25, 0.3) is 5.91 Å². The maximum Gasteiger partial charge on any atom is 0.282 e. The van der Waals surface area contributed by atoms with Gasteiger partial charge in [0.15, 0.2) is 6.04 Å². The van der Waals surface area contributed by atoms with Crippen molar-refractivity contribution < 1.29 is 14.4 Å². The van der Waals surface area contributed by atoms with E-state index < -0.39 is 0 Å². The van der Waals surface area contributed by atoms with Crippen LogP contribution in [0.1, 0.15) is 32.3 Å². The molecule has 1 saturated heterocycles. The third kappa shape index (κ3) is 4.65. The lowest BCUT2D eigenvalue weighted by atomic mass is 10.0. The minimum atomic E-state index is -0.0711. The zero-order chi connectivity index (χ0) is 20.1. The van der Waals surface area contributed by atoms with Crippen LogP contribution >= 0.6 is 0 Å². The molecule has 0 bridgehead atoms. The molecule has 150 valence electrons. The molecule has 5 nitrogen and oxygen atoms in total. The maximum absolute atomic E-state index is 12.8. The van der Waals surface area contributed by atoms with Gasteiger partial charge in [-0.1, -0.05) is 32.0 Å². The lowest BCUT2D eigenvalue weighted by Gasteiger charge is -2.36. The van der Waals surface area contributed by atoms with E-state index >= 15 is 0 Å². The van der Waals surface area contributed by atoms with E-state index in [1.54, 1.807) is 7.11 Å². The number of carbonyl (C=O) groups is 1. The van der Waals surface area contributed by atoms with Crippen molar-refractivity contribution in [3.8, 4) is 5.75 Å². The largest absolute Gasteiger partial charge is 0.497 e. The van der Waals surface area contributed by atoms with E-state index in [0.717, 1.165) is 37.6 Å².